The predicted octanol–water partition coefficient (Wildman–Crippen LogP) is 2.69. The fourth-order valence-corrected chi connectivity index (χ4v) is 2.49. The van der Waals surface area contributed by atoms with Crippen LogP contribution in [0.1, 0.15) is 24.5 Å². The van der Waals surface area contributed by atoms with Gasteiger partial charge in [0.25, 0.3) is 0 Å². The van der Waals surface area contributed by atoms with Crippen molar-refractivity contribution in [1.29, 1.82) is 0 Å². The van der Waals surface area contributed by atoms with Crippen LogP contribution in [0.25, 0.3) is 0 Å². The largest absolute Gasteiger partial charge is 0.469 e. The predicted molar refractivity (Wildman–Crippen MR) is 101 cm³/mol. The Morgan fingerprint density at radius 3 is 2.64 bits per heavy atom. The fraction of sp³-hybridized carbons (Fsp3) is 0.643. The van der Waals surface area contributed by atoms with Gasteiger partial charge in [0.05, 0.1) is 24.6 Å². The van der Waals surface area contributed by atoms with Gasteiger partial charge in [-0.25, -0.2) is 4.98 Å². The summed E-state index contributed by atoms with van der Waals surface area (Å²) in [5.41, 5.74) is -0.866. The normalized spacial score (nSPS) is 13.0. The summed E-state index contributed by atoms with van der Waals surface area (Å²) in [4.78, 5) is 19.2. The highest BCUT2D eigenvalue weighted by Crippen LogP contribution is 2.29. The summed E-state index contributed by atoms with van der Waals surface area (Å²) in [5, 5.41) is 7.41. The smallest absolute Gasteiger partial charge is 0.434 e. The van der Waals surface area contributed by atoms with E-state index >= 15 is 0 Å². The number of thiazole rings is 1. The van der Waals surface area contributed by atoms with Gasteiger partial charge in [0, 0.05) is 24.9 Å². The topological polar surface area (TPSA) is 75.6 Å². The number of aliphatic imine (C=N–C) groups is 1. The molecule has 2 N–H and O–H groups in total. The van der Waals surface area contributed by atoms with Gasteiger partial charge in [-0.15, -0.1) is 35.3 Å². The van der Waals surface area contributed by atoms with Crippen molar-refractivity contribution in [2.24, 2.45) is 10.9 Å². The van der Waals surface area contributed by atoms with Crippen LogP contribution in [0.2, 0.25) is 0 Å². The van der Waals surface area contributed by atoms with Crippen molar-refractivity contribution in [2.45, 2.75) is 26.4 Å². The molecule has 0 bridgehead atoms. The van der Waals surface area contributed by atoms with Gasteiger partial charge in [-0.3, -0.25) is 9.79 Å². The van der Waals surface area contributed by atoms with E-state index in [1.807, 2.05) is 6.92 Å². The number of methoxy groups -OCH3 is 1. The lowest BCUT2D eigenvalue weighted by Gasteiger charge is -2.12. The lowest BCUT2D eigenvalue weighted by molar-refractivity contribution is -0.144. The number of alkyl halides is 3. The number of guanidine groups is 1. The molecule has 1 unspecified atom stereocenters. The Labute approximate surface area is 165 Å². The third-order valence-electron chi connectivity index (χ3n) is 2.94. The number of esters is 1. The van der Waals surface area contributed by atoms with Crippen LogP contribution in [-0.2, 0) is 22.1 Å². The Balaban J connectivity index is 0.00000576. The second-order valence-corrected chi connectivity index (χ2v) is 5.89. The molecule has 144 valence electrons. The number of hydrogen-bond donors (Lipinski definition) is 2. The maximum Gasteiger partial charge on any atom is 0.434 e. The molecule has 0 aliphatic rings. The number of halogens is 4. The van der Waals surface area contributed by atoms with Crippen LogP contribution in [0.15, 0.2) is 10.4 Å². The first-order valence-corrected chi connectivity index (χ1v) is 8.27. The maximum absolute atomic E-state index is 12.5. The lowest BCUT2D eigenvalue weighted by atomic mass is 10.2. The monoisotopic (exact) mass is 494 g/mol. The second-order valence-electron chi connectivity index (χ2n) is 4.94. The number of carbonyl (C=O) groups excluding carboxylic acids is 1. The van der Waals surface area contributed by atoms with Crippen LogP contribution >= 0.6 is 35.3 Å². The molecular weight excluding hydrogens is 472 g/mol. The molecule has 0 aromatic carbocycles. The van der Waals surface area contributed by atoms with Crippen LogP contribution in [0.4, 0.5) is 13.2 Å². The van der Waals surface area contributed by atoms with E-state index in [0.717, 1.165) is 16.7 Å². The number of nitrogens with zero attached hydrogens (tertiary/aromatic N) is 2. The van der Waals surface area contributed by atoms with E-state index in [2.05, 4.69) is 25.3 Å². The number of carbonyl (C=O) groups is 1. The molecule has 0 aliphatic heterocycles. The van der Waals surface area contributed by atoms with E-state index in [0.29, 0.717) is 30.5 Å². The molecule has 11 heteroatoms. The first-order valence-electron chi connectivity index (χ1n) is 7.39. The van der Waals surface area contributed by atoms with Crippen molar-refractivity contribution < 1.29 is 22.7 Å². The van der Waals surface area contributed by atoms with Crippen molar-refractivity contribution in [1.82, 2.24) is 15.6 Å². The van der Waals surface area contributed by atoms with Crippen molar-refractivity contribution in [2.75, 3.05) is 26.7 Å². The van der Waals surface area contributed by atoms with Crippen LogP contribution in [-0.4, -0.2) is 43.7 Å². The molecule has 0 fully saturated rings. The second kappa shape index (κ2) is 11.5. The molecule has 1 heterocycles. The Bertz CT molecular complexity index is 567. The molecule has 25 heavy (non-hydrogen) atoms. The van der Waals surface area contributed by atoms with Gasteiger partial charge in [-0.05, 0) is 6.92 Å². The van der Waals surface area contributed by atoms with Crippen LogP contribution in [0, 0.1) is 5.92 Å². The number of aromatic nitrogens is 1. The summed E-state index contributed by atoms with van der Waals surface area (Å²) < 4.78 is 42.1. The van der Waals surface area contributed by atoms with Crippen molar-refractivity contribution in [3.63, 3.8) is 0 Å². The molecule has 0 saturated carbocycles. The zero-order valence-corrected chi connectivity index (χ0v) is 17.3. The van der Waals surface area contributed by atoms with Crippen LogP contribution in [0.5, 0.6) is 0 Å². The first kappa shape index (κ1) is 23.9. The Hall–Kier alpha value is -1.11. The average molecular weight is 494 g/mol. The Kier molecular flexibility index (Phi) is 11.0. The van der Waals surface area contributed by atoms with E-state index in [1.54, 1.807) is 6.92 Å². The molecule has 0 saturated heterocycles. The van der Waals surface area contributed by atoms with Gasteiger partial charge in [-0.1, -0.05) is 6.92 Å². The maximum atomic E-state index is 12.5. The zero-order chi connectivity index (χ0) is 18.2. The van der Waals surface area contributed by atoms with Gasteiger partial charge in [0.15, 0.2) is 11.7 Å². The first-order chi connectivity index (χ1) is 11.3. The SMILES string of the molecule is CCNC(=NCC(C)C(=O)OC)NCCc1nc(C(F)(F)F)cs1.I. The van der Waals surface area contributed by atoms with E-state index < -0.39 is 11.9 Å². The summed E-state index contributed by atoms with van der Waals surface area (Å²) in [5.74, 6) is -0.239. The molecule has 0 amide bonds. The molecule has 1 aromatic rings. The Morgan fingerprint density at radius 2 is 2.12 bits per heavy atom. The lowest BCUT2D eigenvalue weighted by Crippen LogP contribution is -2.38. The molecule has 0 aliphatic carbocycles. The highest BCUT2D eigenvalue weighted by atomic mass is 127. The number of nitrogens with one attached hydrogen (secondary N) is 2. The van der Waals surface area contributed by atoms with E-state index in [9.17, 15) is 18.0 Å². The minimum absolute atomic E-state index is 0. The van der Waals surface area contributed by atoms with Crippen LogP contribution in [0.3, 0.4) is 0 Å². The summed E-state index contributed by atoms with van der Waals surface area (Å²) in [6.45, 7) is 4.83. The van der Waals surface area contributed by atoms with E-state index in [4.69, 9.17) is 0 Å². The molecule has 1 rings (SSSR count). The summed E-state index contributed by atoms with van der Waals surface area (Å²) in [6.07, 6.45) is -4.07. The van der Waals surface area contributed by atoms with Crippen molar-refractivity contribution in [3.8, 4) is 0 Å². The number of ether oxygens (including phenoxy) is 1. The van der Waals surface area contributed by atoms with Gasteiger partial charge in [0.2, 0.25) is 0 Å². The fourth-order valence-electron chi connectivity index (χ4n) is 1.69. The third kappa shape index (κ3) is 8.70. The standard InChI is InChI=1S/C14H21F3N4O2S.HI/c1-4-18-13(20-7-9(2)12(22)23-3)19-6-5-11-21-10(8-24-11)14(15,16)17;/h8-9H,4-7H2,1-3H3,(H2,18,19,20);1H. The summed E-state index contributed by atoms with van der Waals surface area (Å²) in [7, 11) is 1.31. The average Bonchev–Trinajstić information content (AvgIpc) is 3.00. The van der Waals surface area contributed by atoms with Crippen LogP contribution < -0.4 is 10.6 Å². The van der Waals surface area contributed by atoms with E-state index in [1.165, 1.54) is 7.11 Å². The molecule has 0 radical (unpaired) electrons. The number of hydrogen-bond acceptors (Lipinski definition) is 5. The van der Waals surface area contributed by atoms with E-state index in [-0.39, 0.29) is 42.4 Å². The summed E-state index contributed by atoms with van der Waals surface area (Å²) >= 11 is 0.974. The van der Waals surface area contributed by atoms with Crippen molar-refractivity contribution >= 4 is 47.2 Å². The highest BCUT2D eigenvalue weighted by molar-refractivity contribution is 14.0. The molecular formula is C14H22F3IN4O2S. The van der Waals surface area contributed by atoms with Gasteiger partial charge >= 0.3 is 12.1 Å². The molecule has 0 spiro atoms. The summed E-state index contributed by atoms with van der Waals surface area (Å²) in [6, 6.07) is 0. The Morgan fingerprint density at radius 1 is 1.44 bits per heavy atom. The minimum Gasteiger partial charge on any atom is -0.469 e. The van der Waals surface area contributed by atoms with Gasteiger partial charge in [-0.2, -0.15) is 13.2 Å². The van der Waals surface area contributed by atoms with Gasteiger partial charge < -0.3 is 15.4 Å². The highest BCUT2D eigenvalue weighted by Gasteiger charge is 2.33. The minimum atomic E-state index is -4.41. The zero-order valence-electron chi connectivity index (χ0n) is 14.1. The molecule has 1 atom stereocenters. The van der Waals surface area contributed by atoms with Gasteiger partial charge in [0.1, 0.15) is 0 Å². The molecule has 1 aromatic heterocycles. The molecule has 6 nitrogen and oxygen atoms in total. The third-order valence-corrected chi connectivity index (χ3v) is 3.85. The quantitative estimate of drug-likeness (QED) is 0.264. The van der Waals surface area contributed by atoms with Crippen molar-refractivity contribution in [3.05, 3.63) is 16.1 Å². The number of rotatable bonds is 7.